The zero-order valence-electron chi connectivity index (χ0n) is 12.1. The second-order valence-electron chi connectivity index (χ2n) is 5.72. The topological polar surface area (TPSA) is 83.9 Å². The number of carboxylic acids is 1. The second-order valence-corrected chi connectivity index (χ2v) is 7.82. The van der Waals surface area contributed by atoms with Crippen LogP contribution in [0.4, 0.5) is 0 Å². The summed E-state index contributed by atoms with van der Waals surface area (Å²) in [7, 11) is -3.64. The number of rotatable bonds is 4. The maximum absolute atomic E-state index is 12.9. The molecular formula is C15H19NO5S. The standard InChI is InChI=1S/C15H19NO5S/c17-15(18)12-6-7-14(12)22(19,20)16-8-9-21-10-13(16)11-4-2-1-3-5-11/h1-5,12-14H,6-10H2,(H,17,18). The minimum atomic E-state index is -3.64. The van der Waals surface area contributed by atoms with Gasteiger partial charge in [-0.15, -0.1) is 0 Å². The molecule has 22 heavy (non-hydrogen) atoms. The van der Waals surface area contributed by atoms with Gasteiger partial charge in [-0.3, -0.25) is 4.79 Å². The van der Waals surface area contributed by atoms with Crippen LogP contribution < -0.4 is 0 Å². The highest BCUT2D eigenvalue weighted by Gasteiger charge is 2.49. The molecule has 2 fully saturated rings. The zero-order valence-corrected chi connectivity index (χ0v) is 12.9. The van der Waals surface area contributed by atoms with Crippen molar-refractivity contribution in [2.45, 2.75) is 24.1 Å². The van der Waals surface area contributed by atoms with Gasteiger partial charge in [-0.05, 0) is 18.4 Å². The van der Waals surface area contributed by atoms with Crippen LogP contribution >= 0.6 is 0 Å². The van der Waals surface area contributed by atoms with Crippen molar-refractivity contribution in [1.82, 2.24) is 4.31 Å². The first kappa shape index (κ1) is 15.5. The molecule has 3 rings (SSSR count). The third kappa shape index (κ3) is 2.64. The van der Waals surface area contributed by atoms with Gasteiger partial charge in [0.25, 0.3) is 0 Å². The van der Waals surface area contributed by atoms with Crippen molar-refractivity contribution >= 4 is 16.0 Å². The van der Waals surface area contributed by atoms with Crippen molar-refractivity contribution in [2.75, 3.05) is 19.8 Å². The van der Waals surface area contributed by atoms with Crippen LogP contribution in [0, 0.1) is 5.92 Å². The highest BCUT2D eigenvalue weighted by atomic mass is 32.2. The first-order valence-corrected chi connectivity index (χ1v) is 8.88. The molecule has 0 radical (unpaired) electrons. The lowest BCUT2D eigenvalue weighted by atomic mass is 9.85. The number of hydrogen-bond acceptors (Lipinski definition) is 4. The van der Waals surface area contributed by atoms with Gasteiger partial charge in [0.05, 0.1) is 30.4 Å². The Hall–Kier alpha value is -1.44. The first-order chi connectivity index (χ1) is 10.5. The van der Waals surface area contributed by atoms with Gasteiger partial charge in [0.2, 0.25) is 10.0 Å². The minimum Gasteiger partial charge on any atom is -0.481 e. The number of benzene rings is 1. The minimum absolute atomic E-state index is 0.269. The van der Waals surface area contributed by atoms with E-state index in [4.69, 9.17) is 9.84 Å². The summed E-state index contributed by atoms with van der Waals surface area (Å²) in [5, 5.41) is 8.33. The number of carbonyl (C=O) groups is 1. The monoisotopic (exact) mass is 325 g/mol. The van der Waals surface area contributed by atoms with Crippen LogP contribution in [-0.2, 0) is 19.6 Å². The fraction of sp³-hybridized carbons (Fsp3) is 0.533. The van der Waals surface area contributed by atoms with E-state index >= 15 is 0 Å². The van der Waals surface area contributed by atoms with Gasteiger partial charge in [0.15, 0.2) is 0 Å². The average Bonchev–Trinajstić information content (AvgIpc) is 2.46. The molecular weight excluding hydrogens is 306 g/mol. The summed E-state index contributed by atoms with van der Waals surface area (Å²) in [5.41, 5.74) is 0.872. The van der Waals surface area contributed by atoms with Gasteiger partial charge < -0.3 is 9.84 Å². The molecule has 1 aromatic carbocycles. The van der Waals surface area contributed by atoms with E-state index in [0.717, 1.165) is 5.56 Å². The van der Waals surface area contributed by atoms with E-state index in [-0.39, 0.29) is 12.6 Å². The quantitative estimate of drug-likeness (QED) is 0.901. The molecule has 6 nitrogen and oxygen atoms in total. The summed E-state index contributed by atoms with van der Waals surface area (Å²) in [6, 6.07) is 8.96. The molecule has 3 atom stereocenters. The Morgan fingerprint density at radius 1 is 1.23 bits per heavy atom. The molecule has 0 spiro atoms. The van der Waals surface area contributed by atoms with Crippen molar-refractivity contribution in [3.8, 4) is 0 Å². The van der Waals surface area contributed by atoms with Gasteiger partial charge in [0, 0.05) is 6.54 Å². The normalized spacial score (nSPS) is 29.7. The molecule has 1 N–H and O–H groups in total. The number of hydrogen-bond donors (Lipinski definition) is 1. The van der Waals surface area contributed by atoms with Crippen LogP contribution in [0.5, 0.6) is 0 Å². The molecule has 0 bridgehead atoms. The Kier molecular flexibility index (Phi) is 4.20. The molecule has 120 valence electrons. The Labute approximate surface area is 129 Å². The fourth-order valence-corrected chi connectivity index (χ4v) is 5.43. The summed E-state index contributed by atoms with van der Waals surface area (Å²) in [6.07, 6.45) is 0.845. The van der Waals surface area contributed by atoms with Gasteiger partial charge in [-0.2, -0.15) is 4.31 Å². The van der Waals surface area contributed by atoms with E-state index in [9.17, 15) is 13.2 Å². The zero-order chi connectivity index (χ0) is 15.7. The highest BCUT2D eigenvalue weighted by Crippen LogP contribution is 2.38. The molecule has 1 aromatic rings. The molecule has 1 aliphatic heterocycles. The van der Waals surface area contributed by atoms with E-state index < -0.39 is 27.2 Å². The summed E-state index contributed by atoms with van der Waals surface area (Å²) in [4.78, 5) is 11.2. The number of morpholine rings is 1. The van der Waals surface area contributed by atoms with E-state index in [1.165, 1.54) is 4.31 Å². The number of carboxylic acid groups (broad SMARTS) is 1. The van der Waals surface area contributed by atoms with E-state index in [1.54, 1.807) is 0 Å². The lowest BCUT2D eigenvalue weighted by Crippen LogP contribution is -2.53. The van der Waals surface area contributed by atoms with Crippen molar-refractivity contribution in [3.63, 3.8) is 0 Å². The number of aliphatic carboxylic acids is 1. The number of sulfonamides is 1. The Morgan fingerprint density at radius 2 is 1.95 bits per heavy atom. The molecule has 1 heterocycles. The van der Waals surface area contributed by atoms with Crippen LogP contribution in [0.1, 0.15) is 24.4 Å². The van der Waals surface area contributed by atoms with Gasteiger partial charge >= 0.3 is 5.97 Å². The van der Waals surface area contributed by atoms with Gasteiger partial charge in [0.1, 0.15) is 0 Å². The lowest BCUT2D eigenvalue weighted by Gasteiger charge is -2.41. The Bertz CT molecular complexity index is 645. The van der Waals surface area contributed by atoms with Crippen molar-refractivity contribution in [2.24, 2.45) is 5.92 Å². The van der Waals surface area contributed by atoms with Crippen LogP contribution in [0.25, 0.3) is 0 Å². The largest absolute Gasteiger partial charge is 0.481 e. The smallest absolute Gasteiger partial charge is 0.307 e. The Balaban J connectivity index is 1.89. The average molecular weight is 325 g/mol. The molecule has 0 amide bonds. The Morgan fingerprint density at radius 3 is 2.55 bits per heavy atom. The summed E-state index contributed by atoms with van der Waals surface area (Å²) < 4.78 is 32.6. The molecule has 1 saturated heterocycles. The summed E-state index contributed by atoms with van der Waals surface area (Å²) in [6.45, 7) is 0.908. The molecule has 7 heteroatoms. The maximum Gasteiger partial charge on any atom is 0.307 e. The maximum atomic E-state index is 12.9. The van der Waals surface area contributed by atoms with E-state index in [2.05, 4.69) is 0 Å². The third-order valence-corrected chi connectivity index (χ3v) is 6.92. The highest BCUT2D eigenvalue weighted by molar-refractivity contribution is 7.89. The van der Waals surface area contributed by atoms with Gasteiger partial charge in [-0.25, -0.2) is 8.42 Å². The predicted molar refractivity (Wildman–Crippen MR) is 79.8 cm³/mol. The van der Waals surface area contributed by atoms with Crippen molar-refractivity contribution in [3.05, 3.63) is 35.9 Å². The summed E-state index contributed by atoms with van der Waals surface area (Å²) >= 11 is 0. The predicted octanol–water partition coefficient (Wildman–Crippen LogP) is 1.25. The number of nitrogens with zero attached hydrogens (tertiary/aromatic N) is 1. The lowest BCUT2D eigenvalue weighted by molar-refractivity contribution is -0.144. The van der Waals surface area contributed by atoms with Crippen molar-refractivity contribution < 1.29 is 23.1 Å². The molecule has 1 saturated carbocycles. The molecule has 0 aromatic heterocycles. The van der Waals surface area contributed by atoms with Gasteiger partial charge in [-0.1, -0.05) is 30.3 Å². The van der Waals surface area contributed by atoms with Crippen molar-refractivity contribution in [1.29, 1.82) is 0 Å². The number of ether oxygens (including phenoxy) is 1. The molecule has 3 unspecified atom stereocenters. The summed E-state index contributed by atoms with van der Waals surface area (Å²) in [5.74, 6) is -1.81. The fourth-order valence-electron chi connectivity index (χ4n) is 3.11. The SMILES string of the molecule is O=C(O)C1CCC1S(=O)(=O)N1CCOCC1c1ccccc1. The van der Waals surface area contributed by atoms with Crippen LogP contribution in [-0.4, -0.2) is 48.8 Å². The first-order valence-electron chi connectivity index (χ1n) is 7.38. The molecule has 2 aliphatic rings. The molecule has 1 aliphatic carbocycles. The van der Waals surface area contributed by atoms with Crippen LogP contribution in [0.15, 0.2) is 30.3 Å². The van der Waals surface area contributed by atoms with Crippen LogP contribution in [0.3, 0.4) is 0 Å². The third-order valence-electron chi connectivity index (χ3n) is 4.50. The van der Waals surface area contributed by atoms with Crippen LogP contribution in [0.2, 0.25) is 0 Å². The van der Waals surface area contributed by atoms with E-state index in [0.29, 0.717) is 26.1 Å². The van der Waals surface area contributed by atoms with E-state index in [1.807, 2.05) is 30.3 Å². The second kappa shape index (κ2) is 5.98.